The molecule has 5 atom stereocenters. The largest absolute Gasteiger partial charge is 0.481 e. The lowest BCUT2D eigenvalue weighted by atomic mass is 9.74. The number of carbonyl (C=O) groups is 2. The highest BCUT2D eigenvalue weighted by atomic mass is 16.7. The van der Waals surface area contributed by atoms with Crippen LogP contribution >= 0.6 is 0 Å². The molecule has 7 nitrogen and oxygen atoms in total. The summed E-state index contributed by atoms with van der Waals surface area (Å²) in [6.45, 7) is 6.41. The Kier molecular flexibility index (Phi) is 3.25. The number of ether oxygens (including phenoxy) is 3. The Hall–Kier alpha value is -2.80. The minimum atomic E-state index is -1.00. The van der Waals surface area contributed by atoms with E-state index in [-0.39, 0.29) is 12.7 Å². The molecule has 1 aromatic carbocycles. The molecule has 7 heteroatoms. The average molecular weight is 369 g/mol. The molecule has 0 aliphatic carbocycles. The number of carbonyl (C=O) groups excluding carboxylic acids is 1. The minimum absolute atomic E-state index is 0.182. The van der Waals surface area contributed by atoms with Crippen molar-refractivity contribution in [3.63, 3.8) is 0 Å². The molecule has 1 amide bonds. The molecule has 5 rings (SSSR count). The number of carboxylic acids is 1. The van der Waals surface area contributed by atoms with E-state index in [1.54, 1.807) is 11.0 Å². The quantitative estimate of drug-likeness (QED) is 0.814. The van der Waals surface area contributed by atoms with Crippen LogP contribution in [-0.2, 0) is 20.9 Å². The first-order valence-corrected chi connectivity index (χ1v) is 8.87. The first-order chi connectivity index (χ1) is 12.9. The number of carboxylic acid groups (broad SMARTS) is 1. The molecule has 140 valence electrons. The maximum Gasteiger partial charge on any atom is 0.310 e. The van der Waals surface area contributed by atoms with Crippen molar-refractivity contribution in [2.45, 2.75) is 31.2 Å². The maximum absolute atomic E-state index is 13.3. The van der Waals surface area contributed by atoms with Gasteiger partial charge in [-0.2, -0.15) is 0 Å². The zero-order valence-corrected chi connectivity index (χ0v) is 14.8. The third-order valence-corrected chi connectivity index (χ3v) is 5.92. The van der Waals surface area contributed by atoms with E-state index in [0.29, 0.717) is 18.0 Å². The average Bonchev–Trinajstić information content (AvgIpc) is 3.35. The van der Waals surface area contributed by atoms with Gasteiger partial charge in [0.2, 0.25) is 12.7 Å². The first-order valence-electron chi connectivity index (χ1n) is 8.87. The summed E-state index contributed by atoms with van der Waals surface area (Å²) < 4.78 is 16.8. The number of likely N-dealkylation sites (tertiary alicyclic amines) is 1. The van der Waals surface area contributed by atoms with Gasteiger partial charge in [-0.3, -0.25) is 9.59 Å². The van der Waals surface area contributed by atoms with Crippen molar-refractivity contribution in [2.24, 2.45) is 11.8 Å². The molecular weight excluding hydrogens is 350 g/mol. The smallest absolute Gasteiger partial charge is 0.310 e. The van der Waals surface area contributed by atoms with Gasteiger partial charge in [0.1, 0.15) is 11.5 Å². The van der Waals surface area contributed by atoms with Crippen molar-refractivity contribution in [3.05, 3.63) is 48.1 Å². The second-order valence-corrected chi connectivity index (χ2v) is 7.54. The van der Waals surface area contributed by atoms with Crippen LogP contribution in [0.15, 0.2) is 42.5 Å². The lowest BCUT2D eigenvalue weighted by molar-refractivity contribution is -0.148. The molecule has 4 aliphatic rings. The van der Waals surface area contributed by atoms with Crippen molar-refractivity contribution >= 4 is 11.9 Å². The summed E-state index contributed by atoms with van der Waals surface area (Å²) in [5.41, 5.74) is 0.691. The second kappa shape index (κ2) is 5.36. The first kappa shape index (κ1) is 16.4. The van der Waals surface area contributed by atoms with E-state index in [4.69, 9.17) is 14.2 Å². The Morgan fingerprint density at radius 1 is 1.37 bits per heavy atom. The van der Waals surface area contributed by atoms with Gasteiger partial charge in [-0.05, 0) is 24.6 Å². The standard InChI is InChI=1S/C20H19NO6/c1-10(2)17-20-6-5-13(27-20)15(19(23)24)16(20)18(22)21(17)8-11-3-4-12-14(7-11)26-9-25-12/h3-7,13,15-17H,1,8-9H2,2H3,(H,23,24)/t13-,15-,16-,17+,20-/m1/s1. The van der Waals surface area contributed by atoms with E-state index in [1.165, 1.54) is 0 Å². The molecule has 1 aromatic rings. The molecule has 2 fully saturated rings. The second-order valence-electron chi connectivity index (χ2n) is 7.54. The fraction of sp³-hybridized carbons (Fsp3) is 0.400. The molecule has 1 N–H and O–H groups in total. The van der Waals surface area contributed by atoms with Crippen molar-refractivity contribution in [2.75, 3.05) is 6.79 Å². The van der Waals surface area contributed by atoms with E-state index in [0.717, 1.165) is 11.1 Å². The summed E-state index contributed by atoms with van der Waals surface area (Å²) >= 11 is 0. The molecule has 2 bridgehead atoms. The van der Waals surface area contributed by atoms with Gasteiger partial charge in [-0.25, -0.2) is 0 Å². The number of amides is 1. The van der Waals surface area contributed by atoms with E-state index >= 15 is 0 Å². The monoisotopic (exact) mass is 369 g/mol. The van der Waals surface area contributed by atoms with Gasteiger partial charge in [0.05, 0.1) is 18.1 Å². The zero-order valence-electron chi connectivity index (χ0n) is 14.8. The minimum Gasteiger partial charge on any atom is -0.481 e. The number of benzene rings is 1. The number of aliphatic carboxylic acids is 1. The summed E-state index contributed by atoms with van der Waals surface area (Å²) in [5.74, 6) is -1.50. The fourth-order valence-corrected chi connectivity index (χ4v) is 4.96. The van der Waals surface area contributed by atoms with Gasteiger partial charge in [-0.15, -0.1) is 0 Å². The summed E-state index contributed by atoms with van der Waals surface area (Å²) in [6.07, 6.45) is 3.06. The highest BCUT2D eigenvalue weighted by Gasteiger charge is 2.71. The molecule has 4 aliphatic heterocycles. The molecule has 27 heavy (non-hydrogen) atoms. The van der Waals surface area contributed by atoms with Crippen LogP contribution in [0.4, 0.5) is 0 Å². The van der Waals surface area contributed by atoms with Gasteiger partial charge >= 0.3 is 5.97 Å². The highest BCUT2D eigenvalue weighted by Crippen LogP contribution is 2.56. The van der Waals surface area contributed by atoms with Gasteiger partial charge in [0.25, 0.3) is 0 Å². The lowest BCUT2D eigenvalue weighted by Crippen LogP contribution is -2.45. The van der Waals surface area contributed by atoms with Crippen molar-refractivity contribution in [1.29, 1.82) is 0 Å². The van der Waals surface area contributed by atoms with Crippen LogP contribution in [-0.4, -0.2) is 46.4 Å². The van der Waals surface area contributed by atoms with Crippen LogP contribution in [0.3, 0.4) is 0 Å². The third kappa shape index (κ3) is 2.06. The Morgan fingerprint density at radius 2 is 2.15 bits per heavy atom. The number of hydrogen-bond acceptors (Lipinski definition) is 5. The van der Waals surface area contributed by atoms with Crippen LogP contribution in [0, 0.1) is 11.8 Å². The normalized spacial score (nSPS) is 35.0. The van der Waals surface area contributed by atoms with Crippen molar-refractivity contribution in [1.82, 2.24) is 4.90 Å². The van der Waals surface area contributed by atoms with E-state index < -0.39 is 35.6 Å². The fourth-order valence-electron chi connectivity index (χ4n) is 4.96. The van der Waals surface area contributed by atoms with Gasteiger partial charge < -0.3 is 24.2 Å². The molecule has 4 heterocycles. The van der Waals surface area contributed by atoms with Gasteiger partial charge in [0, 0.05) is 6.54 Å². The SMILES string of the molecule is C=C(C)[C@@H]1N(Cc2ccc3c(c2)OCO3)C(=O)[C@H]2[C@H](C(=O)O)[C@H]3C=C[C@]12O3. The maximum atomic E-state index is 13.3. The third-order valence-electron chi connectivity index (χ3n) is 5.92. The summed E-state index contributed by atoms with van der Waals surface area (Å²) in [7, 11) is 0. The molecule has 0 radical (unpaired) electrons. The van der Waals surface area contributed by atoms with E-state index in [1.807, 2.05) is 31.2 Å². The molecule has 0 saturated carbocycles. The van der Waals surface area contributed by atoms with Gasteiger partial charge in [-0.1, -0.05) is 30.4 Å². The predicted octanol–water partition coefficient (Wildman–Crippen LogP) is 1.73. The molecule has 0 aromatic heterocycles. The topological polar surface area (TPSA) is 85.3 Å². The molecule has 2 saturated heterocycles. The van der Waals surface area contributed by atoms with Crippen LogP contribution in [0.25, 0.3) is 0 Å². The van der Waals surface area contributed by atoms with Gasteiger partial charge in [0.15, 0.2) is 11.5 Å². The van der Waals surface area contributed by atoms with Crippen LogP contribution in [0.2, 0.25) is 0 Å². The van der Waals surface area contributed by atoms with Crippen molar-refractivity contribution < 1.29 is 28.9 Å². The Bertz CT molecular complexity index is 908. The van der Waals surface area contributed by atoms with E-state index in [9.17, 15) is 14.7 Å². The summed E-state index contributed by atoms with van der Waals surface area (Å²) in [6, 6.07) is 5.13. The zero-order chi connectivity index (χ0) is 18.9. The summed E-state index contributed by atoms with van der Waals surface area (Å²) in [5, 5.41) is 9.67. The number of nitrogens with zero attached hydrogens (tertiary/aromatic N) is 1. The van der Waals surface area contributed by atoms with Crippen LogP contribution in [0.1, 0.15) is 12.5 Å². The summed E-state index contributed by atoms with van der Waals surface area (Å²) in [4.78, 5) is 26.8. The predicted molar refractivity (Wildman–Crippen MR) is 93.1 cm³/mol. The van der Waals surface area contributed by atoms with E-state index in [2.05, 4.69) is 6.58 Å². The number of rotatable bonds is 4. The Labute approximate surface area is 155 Å². The lowest BCUT2D eigenvalue weighted by Gasteiger charge is -2.33. The highest BCUT2D eigenvalue weighted by molar-refractivity contribution is 5.92. The molecule has 1 spiro atoms. The van der Waals surface area contributed by atoms with Crippen molar-refractivity contribution in [3.8, 4) is 11.5 Å². The number of fused-ring (bicyclic) bond motifs is 2. The number of hydrogen-bond donors (Lipinski definition) is 1. The van der Waals surface area contributed by atoms with Crippen LogP contribution in [0.5, 0.6) is 11.5 Å². The molecule has 0 unspecified atom stereocenters. The Morgan fingerprint density at radius 3 is 2.89 bits per heavy atom. The van der Waals surface area contributed by atoms with Crippen LogP contribution < -0.4 is 9.47 Å². The Balaban J connectivity index is 1.53. The molecular formula is C20H19NO6.